The minimum absolute atomic E-state index is 0.0581. The Morgan fingerprint density at radius 1 is 1.30 bits per heavy atom. The van der Waals surface area contributed by atoms with Gasteiger partial charge in [0.1, 0.15) is 5.76 Å². The van der Waals surface area contributed by atoms with Gasteiger partial charge in [-0.05, 0) is 44.9 Å². The first-order valence-corrected chi connectivity index (χ1v) is 7.39. The quantitative estimate of drug-likeness (QED) is 0.873. The molecule has 5 heteroatoms. The maximum atomic E-state index is 11.9. The molecule has 0 saturated carbocycles. The van der Waals surface area contributed by atoms with Crippen molar-refractivity contribution in [2.45, 2.75) is 32.9 Å². The second-order valence-electron chi connectivity index (χ2n) is 4.71. The van der Waals surface area contributed by atoms with Gasteiger partial charge in [0.05, 0.1) is 11.4 Å². The summed E-state index contributed by atoms with van der Waals surface area (Å²) in [6, 6.07) is 5.87. The number of nitrogens with one attached hydrogen (secondary N) is 1. The zero-order chi connectivity index (χ0) is 14.7. The molecule has 1 heterocycles. The van der Waals surface area contributed by atoms with E-state index >= 15 is 0 Å². The predicted octanol–water partition coefficient (Wildman–Crippen LogP) is 3.64. The van der Waals surface area contributed by atoms with Crippen LogP contribution in [0.2, 0.25) is 0 Å². The molecule has 1 N–H and O–H groups in total. The predicted molar refractivity (Wildman–Crippen MR) is 81.2 cm³/mol. The maximum absolute atomic E-state index is 11.9. The van der Waals surface area contributed by atoms with Gasteiger partial charge in [-0.2, -0.15) is 0 Å². The maximum Gasteiger partial charge on any atom is 0.256 e. The van der Waals surface area contributed by atoms with E-state index in [0.717, 1.165) is 28.3 Å². The van der Waals surface area contributed by atoms with E-state index in [2.05, 4.69) is 10.3 Å². The molecule has 0 unspecified atom stereocenters. The SMILES string of the molecule is Cc1cccc(NC(=O)CSc2nc(C)c(C)o2)c1C. The highest BCUT2D eigenvalue weighted by Gasteiger charge is 2.10. The molecule has 0 aliphatic carbocycles. The third-order valence-corrected chi connectivity index (χ3v) is 4.04. The standard InChI is InChI=1S/C15H18N2O2S/c1-9-6-5-7-13(10(9)2)17-14(18)8-20-15-16-11(3)12(4)19-15/h5-7H,8H2,1-4H3,(H,17,18). The molecule has 0 aliphatic heterocycles. The molecule has 1 aromatic carbocycles. The molecule has 0 aliphatic rings. The molecule has 0 saturated heterocycles. The molecule has 106 valence electrons. The molecule has 0 bridgehead atoms. The molecule has 0 fully saturated rings. The fourth-order valence-electron chi connectivity index (χ4n) is 1.71. The van der Waals surface area contributed by atoms with Crippen LogP contribution in [0.5, 0.6) is 0 Å². The smallest absolute Gasteiger partial charge is 0.256 e. The third-order valence-electron chi connectivity index (χ3n) is 3.21. The van der Waals surface area contributed by atoms with Gasteiger partial charge in [-0.1, -0.05) is 23.9 Å². The summed E-state index contributed by atoms with van der Waals surface area (Å²) < 4.78 is 5.43. The van der Waals surface area contributed by atoms with Crippen LogP contribution in [0.3, 0.4) is 0 Å². The lowest BCUT2D eigenvalue weighted by atomic mass is 10.1. The molecular formula is C15H18N2O2S. The monoisotopic (exact) mass is 290 g/mol. The topological polar surface area (TPSA) is 55.1 Å². The average Bonchev–Trinajstić information content (AvgIpc) is 2.72. The molecule has 1 amide bonds. The van der Waals surface area contributed by atoms with E-state index in [1.165, 1.54) is 11.8 Å². The minimum Gasteiger partial charge on any atom is -0.437 e. The minimum atomic E-state index is -0.0581. The fraction of sp³-hybridized carbons (Fsp3) is 0.333. The van der Waals surface area contributed by atoms with E-state index in [1.807, 2.05) is 45.9 Å². The van der Waals surface area contributed by atoms with Crippen LogP contribution in [0, 0.1) is 27.7 Å². The first kappa shape index (κ1) is 14.7. The van der Waals surface area contributed by atoms with Gasteiger partial charge in [-0.15, -0.1) is 0 Å². The van der Waals surface area contributed by atoms with Gasteiger partial charge in [0.2, 0.25) is 5.91 Å². The number of hydrogen-bond acceptors (Lipinski definition) is 4. The Bertz CT molecular complexity index is 615. The van der Waals surface area contributed by atoms with Gasteiger partial charge in [0.25, 0.3) is 5.22 Å². The fourth-order valence-corrected chi connectivity index (χ4v) is 2.42. The summed E-state index contributed by atoms with van der Waals surface area (Å²) in [5.74, 6) is 1.02. The lowest BCUT2D eigenvalue weighted by Crippen LogP contribution is -2.15. The van der Waals surface area contributed by atoms with Crippen molar-refractivity contribution in [3.63, 3.8) is 0 Å². The lowest BCUT2D eigenvalue weighted by Gasteiger charge is -2.09. The summed E-state index contributed by atoms with van der Waals surface area (Å²) in [7, 11) is 0. The summed E-state index contributed by atoms with van der Waals surface area (Å²) in [4.78, 5) is 16.2. The number of carbonyl (C=O) groups is 1. The number of carbonyl (C=O) groups excluding carboxylic acids is 1. The van der Waals surface area contributed by atoms with Crippen molar-refractivity contribution in [2.24, 2.45) is 0 Å². The number of anilines is 1. The first-order chi connectivity index (χ1) is 9.47. The first-order valence-electron chi connectivity index (χ1n) is 6.40. The van der Waals surface area contributed by atoms with Crippen molar-refractivity contribution in [1.29, 1.82) is 0 Å². The van der Waals surface area contributed by atoms with Crippen molar-refractivity contribution >= 4 is 23.4 Å². The van der Waals surface area contributed by atoms with Crippen molar-refractivity contribution in [1.82, 2.24) is 4.98 Å². The molecule has 0 spiro atoms. The molecule has 2 aromatic rings. The van der Waals surface area contributed by atoms with Crippen LogP contribution in [0.15, 0.2) is 27.8 Å². The number of amides is 1. The zero-order valence-electron chi connectivity index (χ0n) is 12.1. The number of thioether (sulfide) groups is 1. The molecule has 20 heavy (non-hydrogen) atoms. The Morgan fingerprint density at radius 2 is 2.05 bits per heavy atom. The molecule has 2 rings (SSSR count). The highest BCUT2D eigenvalue weighted by atomic mass is 32.2. The summed E-state index contributed by atoms with van der Waals surface area (Å²) >= 11 is 1.30. The van der Waals surface area contributed by atoms with E-state index < -0.39 is 0 Å². The van der Waals surface area contributed by atoms with E-state index in [1.54, 1.807) is 0 Å². The Morgan fingerprint density at radius 3 is 2.70 bits per heavy atom. The number of aryl methyl sites for hydroxylation is 3. The van der Waals surface area contributed by atoms with Crippen LogP contribution < -0.4 is 5.32 Å². The molecule has 0 radical (unpaired) electrons. The van der Waals surface area contributed by atoms with Crippen molar-refractivity contribution in [3.8, 4) is 0 Å². The van der Waals surface area contributed by atoms with E-state index in [9.17, 15) is 4.79 Å². The van der Waals surface area contributed by atoms with Crippen molar-refractivity contribution in [3.05, 3.63) is 40.8 Å². The van der Waals surface area contributed by atoms with Gasteiger partial charge in [0, 0.05) is 5.69 Å². The van der Waals surface area contributed by atoms with Gasteiger partial charge in [0.15, 0.2) is 0 Å². The summed E-state index contributed by atoms with van der Waals surface area (Å²) in [6.45, 7) is 7.78. The van der Waals surface area contributed by atoms with Crippen molar-refractivity contribution < 1.29 is 9.21 Å². The lowest BCUT2D eigenvalue weighted by molar-refractivity contribution is -0.113. The summed E-state index contributed by atoms with van der Waals surface area (Å²) in [5.41, 5.74) is 3.97. The Balaban J connectivity index is 1.94. The van der Waals surface area contributed by atoms with E-state index in [0.29, 0.717) is 5.22 Å². The highest BCUT2D eigenvalue weighted by Crippen LogP contribution is 2.21. The third kappa shape index (κ3) is 3.42. The molecule has 4 nitrogen and oxygen atoms in total. The van der Waals surface area contributed by atoms with Crippen molar-refractivity contribution in [2.75, 3.05) is 11.1 Å². The van der Waals surface area contributed by atoms with Gasteiger partial charge >= 0.3 is 0 Å². The average molecular weight is 290 g/mol. The van der Waals surface area contributed by atoms with E-state index in [4.69, 9.17) is 4.42 Å². The van der Waals surface area contributed by atoms with Gasteiger partial charge < -0.3 is 9.73 Å². The number of rotatable bonds is 4. The van der Waals surface area contributed by atoms with Crippen LogP contribution in [0.25, 0.3) is 0 Å². The van der Waals surface area contributed by atoms with E-state index in [-0.39, 0.29) is 11.7 Å². The second-order valence-corrected chi connectivity index (χ2v) is 5.63. The van der Waals surface area contributed by atoms with Crippen LogP contribution in [0.1, 0.15) is 22.6 Å². The number of hydrogen-bond donors (Lipinski definition) is 1. The number of aromatic nitrogens is 1. The largest absolute Gasteiger partial charge is 0.437 e. The Hall–Kier alpha value is -1.75. The number of oxazole rings is 1. The van der Waals surface area contributed by atoms with Crippen LogP contribution in [0.4, 0.5) is 5.69 Å². The second kappa shape index (κ2) is 6.13. The van der Waals surface area contributed by atoms with Gasteiger partial charge in [-0.25, -0.2) is 4.98 Å². The van der Waals surface area contributed by atoms with Gasteiger partial charge in [-0.3, -0.25) is 4.79 Å². The Labute approximate surface area is 123 Å². The van der Waals surface area contributed by atoms with Crippen LogP contribution >= 0.6 is 11.8 Å². The Kier molecular flexibility index (Phi) is 4.49. The molecular weight excluding hydrogens is 272 g/mol. The molecule has 0 atom stereocenters. The normalized spacial score (nSPS) is 10.6. The number of benzene rings is 1. The highest BCUT2D eigenvalue weighted by molar-refractivity contribution is 7.99. The zero-order valence-corrected chi connectivity index (χ0v) is 12.9. The van der Waals surface area contributed by atoms with Crippen LogP contribution in [-0.4, -0.2) is 16.6 Å². The summed E-state index contributed by atoms with van der Waals surface area (Å²) in [6.07, 6.45) is 0. The number of nitrogens with zero attached hydrogens (tertiary/aromatic N) is 1. The molecule has 1 aromatic heterocycles. The van der Waals surface area contributed by atoms with Crippen LogP contribution in [-0.2, 0) is 4.79 Å². The summed E-state index contributed by atoms with van der Waals surface area (Å²) in [5, 5.41) is 3.45.